The van der Waals surface area contributed by atoms with Gasteiger partial charge >= 0.3 is 0 Å². The summed E-state index contributed by atoms with van der Waals surface area (Å²) >= 11 is 1.43. The zero-order chi connectivity index (χ0) is 26.1. The molecule has 0 saturated heterocycles. The minimum atomic E-state index is -0.905. The second kappa shape index (κ2) is 13.3. The minimum absolute atomic E-state index is 0.0725. The monoisotopic (exact) mass is 516 g/mol. The zero-order valence-corrected chi connectivity index (χ0v) is 21.7. The number of hydrogen-bond donors (Lipinski definition) is 2. The molecular weight excluding hydrogens is 483 g/mol. The van der Waals surface area contributed by atoms with Crippen LogP contribution in [0, 0.1) is 11.7 Å². The van der Waals surface area contributed by atoms with Crippen LogP contribution in [0.25, 0.3) is 10.8 Å². The van der Waals surface area contributed by atoms with Crippen LogP contribution in [0.15, 0.2) is 51.7 Å². The summed E-state index contributed by atoms with van der Waals surface area (Å²) in [7, 11) is 0. The Morgan fingerprint density at radius 2 is 1.86 bits per heavy atom. The number of hydrogen-bond acceptors (Lipinski definition) is 6. The fourth-order valence-corrected chi connectivity index (χ4v) is 4.77. The molecule has 2 heterocycles. The Balaban J connectivity index is 1.68. The molecule has 3 aromatic rings. The number of thioether (sulfide) groups is 1. The Labute approximate surface area is 214 Å². The first-order chi connectivity index (χ1) is 17.3. The molecule has 3 rings (SSSR count). The highest BCUT2D eigenvalue weighted by Gasteiger charge is 2.29. The smallest absolute Gasteiger partial charge is 0.288 e. The fraction of sp³-hybridized carbons (Fsp3) is 0.444. The lowest BCUT2D eigenvalue weighted by Crippen LogP contribution is -2.52. The number of fused-ring (bicyclic) bond motifs is 1. The van der Waals surface area contributed by atoms with Crippen LogP contribution in [-0.2, 0) is 15.3 Å². The molecule has 0 bridgehead atoms. The average molecular weight is 517 g/mol. The molecule has 0 spiro atoms. The van der Waals surface area contributed by atoms with Crippen LogP contribution in [-0.4, -0.2) is 35.4 Å². The van der Waals surface area contributed by atoms with Gasteiger partial charge in [0.15, 0.2) is 5.78 Å². The second-order valence-electron chi connectivity index (χ2n) is 9.17. The minimum Gasteiger partial charge on any atom is -0.468 e. The molecule has 7 nitrogen and oxygen atoms in total. The molecule has 0 aliphatic heterocycles. The van der Waals surface area contributed by atoms with Crippen LogP contribution in [0.4, 0.5) is 4.39 Å². The summed E-state index contributed by atoms with van der Waals surface area (Å²) in [6, 6.07) is 6.51. The summed E-state index contributed by atoms with van der Waals surface area (Å²) in [6.07, 6.45) is 5.41. The number of unbranched alkanes of at least 4 members (excludes halogenated alkanes) is 1. The number of carbonyl (C=O) groups is 3. The normalized spacial score (nSPS) is 13.0. The van der Waals surface area contributed by atoms with Gasteiger partial charge in [-0.1, -0.05) is 45.7 Å². The largest absolute Gasteiger partial charge is 0.468 e. The quantitative estimate of drug-likeness (QED) is 0.294. The number of amides is 2. The molecule has 2 aromatic heterocycles. The van der Waals surface area contributed by atoms with E-state index < -0.39 is 29.7 Å². The van der Waals surface area contributed by atoms with Crippen molar-refractivity contribution in [3.63, 3.8) is 0 Å². The summed E-state index contributed by atoms with van der Waals surface area (Å²) in [5.41, 5.74) is 0. The van der Waals surface area contributed by atoms with Gasteiger partial charge in [-0.2, -0.15) is 0 Å². The molecule has 0 aliphatic rings. The van der Waals surface area contributed by atoms with Crippen LogP contribution in [0.2, 0.25) is 0 Å². The number of rotatable bonds is 14. The molecule has 194 valence electrons. The van der Waals surface area contributed by atoms with E-state index in [-0.39, 0.29) is 28.6 Å². The number of halogens is 1. The maximum Gasteiger partial charge on any atom is 0.288 e. The van der Waals surface area contributed by atoms with E-state index in [4.69, 9.17) is 8.83 Å². The molecule has 0 aliphatic carbocycles. The molecular formula is C27H33FN2O5S. The van der Waals surface area contributed by atoms with Gasteiger partial charge in [-0.25, -0.2) is 4.39 Å². The highest BCUT2D eigenvalue weighted by molar-refractivity contribution is 7.99. The van der Waals surface area contributed by atoms with Crippen LogP contribution in [0.5, 0.6) is 0 Å². The maximum atomic E-state index is 14.4. The number of nitrogens with one attached hydrogen (secondary N) is 2. The zero-order valence-electron chi connectivity index (χ0n) is 20.8. The number of Topliss-reactive ketones (excluding diaryl/α,β-unsaturated/α-hetero) is 1. The third-order valence-electron chi connectivity index (χ3n) is 5.73. The molecule has 36 heavy (non-hydrogen) atoms. The van der Waals surface area contributed by atoms with Crippen molar-refractivity contribution in [1.82, 2.24) is 10.6 Å². The first-order valence-corrected chi connectivity index (χ1v) is 13.3. The van der Waals surface area contributed by atoms with Crippen molar-refractivity contribution >= 4 is 40.1 Å². The van der Waals surface area contributed by atoms with E-state index in [1.165, 1.54) is 30.2 Å². The van der Waals surface area contributed by atoms with Crippen LogP contribution < -0.4 is 10.6 Å². The Morgan fingerprint density at radius 3 is 2.56 bits per heavy atom. The Hall–Kier alpha value is -3.07. The second-order valence-corrected chi connectivity index (χ2v) is 10.2. The van der Waals surface area contributed by atoms with Crippen molar-refractivity contribution < 1.29 is 27.6 Å². The lowest BCUT2D eigenvalue weighted by Gasteiger charge is -2.24. The third kappa shape index (κ3) is 7.46. The first-order valence-electron chi connectivity index (χ1n) is 12.2. The van der Waals surface area contributed by atoms with Crippen LogP contribution >= 0.6 is 11.8 Å². The van der Waals surface area contributed by atoms with E-state index >= 15 is 0 Å². The Bertz CT molecular complexity index is 1160. The van der Waals surface area contributed by atoms with Gasteiger partial charge in [-0.05, 0) is 37.0 Å². The molecule has 0 fully saturated rings. The third-order valence-corrected chi connectivity index (χ3v) is 6.71. The van der Waals surface area contributed by atoms with Gasteiger partial charge in [-0.3, -0.25) is 14.4 Å². The van der Waals surface area contributed by atoms with Gasteiger partial charge in [-0.15, -0.1) is 11.8 Å². The van der Waals surface area contributed by atoms with Crippen molar-refractivity contribution in [3.05, 3.63) is 60.2 Å². The lowest BCUT2D eigenvalue weighted by molar-refractivity contribution is -0.128. The van der Waals surface area contributed by atoms with Gasteiger partial charge in [0.2, 0.25) is 11.7 Å². The van der Waals surface area contributed by atoms with Crippen LogP contribution in [0.3, 0.4) is 0 Å². The molecule has 9 heteroatoms. The topological polar surface area (TPSA) is 102 Å². The van der Waals surface area contributed by atoms with Gasteiger partial charge in [0.05, 0.1) is 35.5 Å². The summed E-state index contributed by atoms with van der Waals surface area (Å²) in [4.78, 5) is 39.2. The highest BCUT2D eigenvalue weighted by atomic mass is 32.2. The Kier molecular flexibility index (Phi) is 10.2. The average Bonchev–Trinajstić information content (AvgIpc) is 3.51. The fourth-order valence-electron chi connectivity index (χ4n) is 3.90. The van der Waals surface area contributed by atoms with Crippen molar-refractivity contribution in [2.75, 3.05) is 5.75 Å². The van der Waals surface area contributed by atoms with Gasteiger partial charge in [0.25, 0.3) is 5.91 Å². The SMILES string of the molecule is CCCCC(NC(=O)C(CC(C)C)NC(=O)c1occ2cccc(F)c12)C(=O)CSCc1ccco1. The molecule has 1 aromatic carbocycles. The summed E-state index contributed by atoms with van der Waals surface area (Å²) in [5.74, 6) is -0.307. The summed E-state index contributed by atoms with van der Waals surface area (Å²) in [6.45, 7) is 5.88. The predicted molar refractivity (Wildman–Crippen MR) is 138 cm³/mol. The highest BCUT2D eigenvalue weighted by Crippen LogP contribution is 2.24. The number of ketones is 1. The summed E-state index contributed by atoms with van der Waals surface area (Å²) < 4.78 is 25.0. The van der Waals surface area contributed by atoms with E-state index in [9.17, 15) is 18.8 Å². The lowest BCUT2D eigenvalue weighted by atomic mass is 10.0. The number of benzene rings is 1. The van der Waals surface area contributed by atoms with Gasteiger partial charge < -0.3 is 19.5 Å². The Morgan fingerprint density at radius 1 is 1.06 bits per heavy atom. The number of carbonyl (C=O) groups excluding carboxylic acids is 3. The first kappa shape index (κ1) is 27.5. The van der Waals surface area contributed by atoms with Crippen molar-refractivity contribution in [2.45, 2.75) is 64.3 Å². The summed E-state index contributed by atoms with van der Waals surface area (Å²) in [5, 5.41) is 6.08. The molecule has 0 radical (unpaired) electrons. The maximum absolute atomic E-state index is 14.4. The number of furan rings is 2. The van der Waals surface area contributed by atoms with E-state index in [2.05, 4.69) is 10.6 Å². The van der Waals surface area contributed by atoms with Gasteiger partial charge in [0.1, 0.15) is 17.6 Å². The van der Waals surface area contributed by atoms with Crippen molar-refractivity contribution in [1.29, 1.82) is 0 Å². The van der Waals surface area contributed by atoms with Crippen molar-refractivity contribution in [2.24, 2.45) is 5.92 Å². The van der Waals surface area contributed by atoms with E-state index in [1.807, 2.05) is 26.8 Å². The predicted octanol–water partition coefficient (Wildman–Crippen LogP) is 5.49. The van der Waals surface area contributed by atoms with E-state index in [1.54, 1.807) is 18.4 Å². The molecule has 2 atom stereocenters. The van der Waals surface area contributed by atoms with E-state index in [0.29, 0.717) is 24.0 Å². The van der Waals surface area contributed by atoms with E-state index in [0.717, 1.165) is 18.6 Å². The molecule has 2 unspecified atom stereocenters. The standard InChI is InChI=1S/C27H33FN2O5S/c1-4-5-11-21(23(31)16-36-15-19-9-7-12-34-19)29-26(32)22(13-17(2)3)30-27(33)25-24-18(14-35-25)8-6-10-20(24)28/h6-10,12,14,17,21-22H,4-5,11,13,15-16H2,1-3H3,(H,29,32)(H,30,33). The molecule has 2 N–H and O–H groups in total. The van der Waals surface area contributed by atoms with Gasteiger partial charge in [0, 0.05) is 5.39 Å². The van der Waals surface area contributed by atoms with Crippen molar-refractivity contribution in [3.8, 4) is 0 Å². The van der Waals surface area contributed by atoms with Crippen LogP contribution in [0.1, 0.15) is 62.8 Å². The molecule has 2 amide bonds. The molecule has 0 saturated carbocycles.